The first kappa shape index (κ1) is 23.8. The molecule has 1 heterocycles. The zero-order valence-electron chi connectivity index (χ0n) is 19.8. The number of nitrogens with one attached hydrogen (secondary N) is 2. The molecule has 0 aromatic heterocycles. The number of para-hydroxylation sites is 1. The predicted molar refractivity (Wildman–Crippen MR) is 134 cm³/mol. The Labute approximate surface area is 203 Å². The van der Waals surface area contributed by atoms with Gasteiger partial charge >= 0.3 is 0 Å². The molecule has 180 valence electrons. The standard InChI is InChI=1S/C27H27N3O5/c1-17-7-6-8-19(13-17)28-27(33)21-9-4-5-10-22(21)29-26(32)18-14-25(31)30(16-18)23-12-11-20(34-2)15-24(23)35-3/h4-13,15,18H,14,16H2,1-3H3,(H,28,33)(H,29,32). The van der Waals surface area contributed by atoms with E-state index in [9.17, 15) is 14.4 Å². The number of ether oxygens (including phenoxy) is 2. The van der Waals surface area contributed by atoms with Crippen molar-refractivity contribution in [2.75, 3.05) is 36.3 Å². The van der Waals surface area contributed by atoms with Gasteiger partial charge in [0, 0.05) is 24.7 Å². The van der Waals surface area contributed by atoms with Crippen LogP contribution < -0.4 is 25.0 Å². The third-order valence-electron chi connectivity index (χ3n) is 5.88. The van der Waals surface area contributed by atoms with Gasteiger partial charge in [0.05, 0.1) is 37.1 Å². The van der Waals surface area contributed by atoms with E-state index in [0.717, 1.165) is 5.56 Å². The summed E-state index contributed by atoms with van der Waals surface area (Å²) in [5.41, 5.74) is 2.98. The van der Waals surface area contributed by atoms with Crippen LogP contribution in [0.25, 0.3) is 0 Å². The van der Waals surface area contributed by atoms with Crippen molar-refractivity contribution < 1.29 is 23.9 Å². The van der Waals surface area contributed by atoms with Gasteiger partial charge in [-0.1, -0.05) is 24.3 Å². The van der Waals surface area contributed by atoms with Crippen LogP contribution in [-0.2, 0) is 9.59 Å². The van der Waals surface area contributed by atoms with E-state index < -0.39 is 5.92 Å². The molecule has 1 atom stereocenters. The molecule has 0 saturated carbocycles. The normalized spacial score (nSPS) is 15.0. The summed E-state index contributed by atoms with van der Waals surface area (Å²) in [4.78, 5) is 40.3. The Bertz CT molecular complexity index is 1270. The lowest BCUT2D eigenvalue weighted by molar-refractivity contribution is -0.122. The molecule has 4 rings (SSSR count). The largest absolute Gasteiger partial charge is 0.497 e. The Balaban J connectivity index is 1.48. The number of carbonyl (C=O) groups excluding carboxylic acids is 3. The monoisotopic (exact) mass is 473 g/mol. The fraction of sp³-hybridized carbons (Fsp3) is 0.222. The van der Waals surface area contributed by atoms with Gasteiger partial charge in [-0.25, -0.2) is 0 Å². The van der Waals surface area contributed by atoms with Crippen molar-refractivity contribution in [1.29, 1.82) is 0 Å². The minimum Gasteiger partial charge on any atom is -0.497 e. The van der Waals surface area contributed by atoms with Crippen LogP contribution >= 0.6 is 0 Å². The minimum atomic E-state index is -0.581. The lowest BCUT2D eigenvalue weighted by Gasteiger charge is -2.20. The highest BCUT2D eigenvalue weighted by Gasteiger charge is 2.36. The first-order valence-electron chi connectivity index (χ1n) is 11.2. The highest BCUT2D eigenvalue weighted by Crippen LogP contribution is 2.36. The van der Waals surface area contributed by atoms with E-state index in [1.54, 1.807) is 60.5 Å². The topological polar surface area (TPSA) is 97.0 Å². The lowest BCUT2D eigenvalue weighted by atomic mass is 10.1. The zero-order valence-corrected chi connectivity index (χ0v) is 19.8. The van der Waals surface area contributed by atoms with Crippen molar-refractivity contribution >= 4 is 34.8 Å². The molecule has 3 amide bonds. The van der Waals surface area contributed by atoms with Crippen LogP contribution in [0.4, 0.5) is 17.1 Å². The van der Waals surface area contributed by atoms with Crippen molar-refractivity contribution in [3.63, 3.8) is 0 Å². The van der Waals surface area contributed by atoms with Gasteiger partial charge in [0.15, 0.2) is 0 Å². The molecule has 8 nitrogen and oxygen atoms in total. The molecule has 0 bridgehead atoms. The van der Waals surface area contributed by atoms with Crippen molar-refractivity contribution in [3.05, 3.63) is 77.9 Å². The SMILES string of the molecule is COc1ccc(N2CC(C(=O)Nc3ccccc3C(=O)Nc3cccc(C)c3)CC2=O)c(OC)c1. The van der Waals surface area contributed by atoms with E-state index in [1.807, 2.05) is 25.1 Å². The van der Waals surface area contributed by atoms with Gasteiger partial charge in [0.2, 0.25) is 11.8 Å². The fourth-order valence-corrected chi connectivity index (χ4v) is 4.07. The average molecular weight is 474 g/mol. The van der Waals surface area contributed by atoms with Gasteiger partial charge in [-0.15, -0.1) is 0 Å². The van der Waals surface area contributed by atoms with Gasteiger partial charge in [0.1, 0.15) is 11.5 Å². The number of carbonyl (C=O) groups is 3. The number of methoxy groups -OCH3 is 2. The van der Waals surface area contributed by atoms with Crippen molar-refractivity contribution in [2.45, 2.75) is 13.3 Å². The zero-order chi connectivity index (χ0) is 24.9. The first-order valence-corrected chi connectivity index (χ1v) is 11.2. The molecule has 1 fully saturated rings. The van der Waals surface area contributed by atoms with Crippen LogP contribution in [0.15, 0.2) is 66.7 Å². The van der Waals surface area contributed by atoms with E-state index in [-0.39, 0.29) is 30.7 Å². The molecule has 0 radical (unpaired) electrons. The van der Waals surface area contributed by atoms with Gasteiger partial charge < -0.3 is 25.0 Å². The number of amides is 3. The van der Waals surface area contributed by atoms with Crippen LogP contribution in [0.5, 0.6) is 11.5 Å². The first-order chi connectivity index (χ1) is 16.9. The van der Waals surface area contributed by atoms with Crippen molar-refractivity contribution in [2.24, 2.45) is 5.92 Å². The Morgan fingerprint density at radius 3 is 2.49 bits per heavy atom. The molecular formula is C27H27N3O5. The summed E-state index contributed by atoms with van der Waals surface area (Å²) in [6, 6.07) is 19.4. The van der Waals surface area contributed by atoms with E-state index in [4.69, 9.17) is 9.47 Å². The number of rotatable bonds is 7. The highest BCUT2D eigenvalue weighted by atomic mass is 16.5. The maximum Gasteiger partial charge on any atom is 0.257 e. The third-order valence-corrected chi connectivity index (χ3v) is 5.88. The average Bonchev–Trinajstić information content (AvgIpc) is 3.25. The number of hydrogen-bond donors (Lipinski definition) is 2. The lowest BCUT2D eigenvalue weighted by Crippen LogP contribution is -2.29. The molecule has 8 heteroatoms. The second-order valence-electron chi connectivity index (χ2n) is 8.30. The molecule has 3 aromatic rings. The van der Waals surface area contributed by atoms with Crippen LogP contribution in [-0.4, -0.2) is 38.5 Å². The van der Waals surface area contributed by atoms with Crippen LogP contribution in [0, 0.1) is 12.8 Å². The van der Waals surface area contributed by atoms with Gasteiger partial charge in [-0.3, -0.25) is 14.4 Å². The van der Waals surface area contributed by atoms with E-state index in [2.05, 4.69) is 10.6 Å². The summed E-state index contributed by atoms with van der Waals surface area (Å²) < 4.78 is 10.6. The van der Waals surface area contributed by atoms with Gasteiger partial charge in [0.25, 0.3) is 5.91 Å². The number of hydrogen-bond acceptors (Lipinski definition) is 5. The summed E-state index contributed by atoms with van der Waals surface area (Å²) in [5, 5.41) is 5.70. The number of aryl methyl sites for hydroxylation is 1. The number of anilines is 3. The second-order valence-corrected chi connectivity index (χ2v) is 8.30. The van der Waals surface area contributed by atoms with E-state index >= 15 is 0 Å². The predicted octanol–water partition coefficient (Wildman–Crippen LogP) is 4.26. The van der Waals surface area contributed by atoms with Gasteiger partial charge in [-0.05, 0) is 48.9 Å². The fourth-order valence-electron chi connectivity index (χ4n) is 4.07. The van der Waals surface area contributed by atoms with Crippen molar-refractivity contribution in [3.8, 4) is 11.5 Å². The molecule has 0 spiro atoms. The molecule has 2 N–H and O–H groups in total. The van der Waals surface area contributed by atoms with Crippen molar-refractivity contribution in [1.82, 2.24) is 0 Å². The molecular weight excluding hydrogens is 446 g/mol. The Morgan fingerprint density at radius 2 is 1.74 bits per heavy atom. The molecule has 3 aromatic carbocycles. The third kappa shape index (κ3) is 5.27. The Morgan fingerprint density at radius 1 is 0.943 bits per heavy atom. The summed E-state index contributed by atoms with van der Waals surface area (Å²) in [7, 11) is 3.07. The number of nitrogens with zero attached hydrogens (tertiary/aromatic N) is 1. The molecule has 1 unspecified atom stereocenters. The number of benzene rings is 3. The summed E-state index contributed by atoms with van der Waals surface area (Å²) in [5.74, 6) is -0.340. The maximum atomic E-state index is 13.1. The van der Waals surface area contributed by atoms with Crippen LogP contribution in [0.2, 0.25) is 0 Å². The van der Waals surface area contributed by atoms with Crippen LogP contribution in [0.1, 0.15) is 22.3 Å². The second kappa shape index (κ2) is 10.3. The summed E-state index contributed by atoms with van der Waals surface area (Å²) in [6.07, 6.45) is 0.0542. The Kier molecular flexibility index (Phi) is 7.01. The molecule has 1 aliphatic rings. The quantitative estimate of drug-likeness (QED) is 0.535. The van der Waals surface area contributed by atoms with Crippen LogP contribution in [0.3, 0.4) is 0 Å². The van der Waals surface area contributed by atoms with E-state index in [0.29, 0.717) is 34.1 Å². The summed E-state index contributed by atoms with van der Waals surface area (Å²) >= 11 is 0. The molecule has 35 heavy (non-hydrogen) atoms. The van der Waals surface area contributed by atoms with E-state index in [1.165, 1.54) is 7.11 Å². The highest BCUT2D eigenvalue weighted by molar-refractivity contribution is 6.11. The Hall–Kier alpha value is -4.33. The molecule has 1 saturated heterocycles. The molecule has 0 aliphatic carbocycles. The maximum absolute atomic E-state index is 13.1. The molecule has 1 aliphatic heterocycles. The van der Waals surface area contributed by atoms with Gasteiger partial charge in [-0.2, -0.15) is 0 Å². The smallest absolute Gasteiger partial charge is 0.257 e. The minimum absolute atomic E-state index is 0.0542. The summed E-state index contributed by atoms with van der Waals surface area (Å²) in [6.45, 7) is 2.14.